The van der Waals surface area contributed by atoms with Crippen LogP contribution in [0.5, 0.6) is 0 Å². The van der Waals surface area contributed by atoms with Gasteiger partial charge in [-0.25, -0.2) is 0 Å². The fraction of sp³-hybridized carbons (Fsp3) is 0.900. The third kappa shape index (κ3) is 1.85. The number of ether oxygens (including phenoxy) is 2. The van der Waals surface area contributed by atoms with Gasteiger partial charge in [0.2, 0.25) is 0 Å². The van der Waals surface area contributed by atoms with E-state index in [4.69, 9.17) is 9.47 Å². The van der Waals surface area contributed by atoms with Gasteiger partial charge in [0.25, 0.3) is 0 Å². The average molecular weight is 184 g/mol. The van der Waals surface area contributed by atoms with Crippen molar-refractivity contribution in [2.75, 3.05) is 19.8 Å². The zero-order valence-electron chi connectivity index (χ0n) is 8.04. The number of carbonyl (C=O) groups is 1. The molecule has 1 unspecified atom stereocenters. The smallest absolute Gasteiger partial charge is 0.302 e. The van der Waals surface area contributed by atoms with Crippen LogP contribution >= 0.6 is 0 Å². The van der Waals surface area contributed by atoms with Gasteiger partial charge < -0.3 is 9.47 Å². The Morgan fingerprint density at radius 3 is 2.85 bits per heavy atom. The van der Waals surface area contributed by atoms with Gasteiger partial charge in [-0.1, -0.05) is 0 Å². The normalized spacial score (nSPS) is 30.1. The van der Waals surface area contributed by atoms with Crippen molar-refractivity contribution in [3.63, 3.8) is 0 Å². The number of hydrogen-bond donors (Lipinski definition) is 0. The Hall–Kier alpha value is -0.570. The number of esters is 1. The molecule has 1 atom stereocenters. The summed E-state index contributed by atoms with van der Waals surface area (Å²) in [4.78, 5) is 10.6. The van der Waals surface area contributed by atoms with Gasteiger partial charge in [-0.15, -0.1) is 0 Å². The SMILES string of the molecule is CC(=O)OCC1CC12CCOCC2. The Balaban J connectivity index is 1.76. The van der Waals surface area contributed by atoms with Gasteiger partial charge >= 0.3 is 5.97 Å². The molecular formula is C10H16O3. The van der Waals surface area contributed by atoms with Crippen LogP contribution in [0.3, 0.4) is 0 Å². The maximum atomic E-state index is 10.6. The molecule has 3 nitrogen and oxygen atoms in total. The van der Waals surface area contributed by atoms with Crippen molar-refractivity contribution in [3.8, 4) is 0 Å². The molecule has 3 heteroatoms. The molecule has 2 rings (SSSR count). The second-order valence-corrected chi connectivity index (χ2v) is 4.18. The van der Waals surface area contributed by atoms with Crippen molar-refractivity contribution >= 4 is 5.97 Å². The van der Waals surface area contributed by atoms with E-state index in [0.29, 0.717) is 17.9 Å². The van der Waals surface area contributed by atoms with Gasteiger partial charge in [0.1, 0.15) is 0 Å². The summed E-state index contributed by atoms with van der Waals surface area (Å²) < 4.78 is 10.3. The van der Waals surface area contributed by atoms with Crippen LogP contribution in [-0.2, 0) is 14.3 Å². The number of hydrogen-bond acceptors (Lipinski definition) is 3. The van der Waals surface area contributed by atoms with Crippen molar-refractivity contribution in [1.29, 1.82) is 0 Å². The Kier molecular flexibility index (Phi) is 2.28. The standard InChI is InChI=1S/C10H16O3/c1-8(11)13-7-9-6-10(9)2-4-12-5-3-10/h9H,2-7H2,1H3. The van der Waals surface area contributed by atoms with Crippen LogP contribution in [0, 0.1) is 11.3 Å². The van der Waals surface area contributed by atoms with E-state index in [9.17, 15) is 4.79 Å². The molecule has 1 aliphatic heterocycles. The van der Waals surface area contributed by atoms with Crippen LogP contribution in [0.4, 0.5) is 0 Å². The molecule has 0 radical (unpaired) electrons. The predicted molar refractivity (Wildman–Crippen MR) is 47.2 cm³/mol. The summed E-state index contributed by atoms with van der Waals surface area (Å²) in [6.07, 6.45) is 3.53. The van der Waals surface area contributed by atoms with Crippen LogP contribution in [0.2, 0.25) is 0 Å². The molecule has 1 aliphatic carbocycles. The van der Waals surface area contributed by atoms with Crippen molar-refractivity contribution in [3.05, 3.63) is 0 Å². The summed E-state index contributed by atoms with van der Waals surface area (Å²) in [6.45, 7) is 3.86. The van der Waals surface area contributed by atoms with E-state index in [1.165, 1.54) is 13.3 Å². The molecule has 0 aromatic carbocycles. The van der Waals surface area contributed by atoms with Crippen LogP contribution < -0.4 is 0 Å². The molecule has 1 saturated carbocycles. The van der Waals surface area contributed by atoms with Crippen LogP contribution in [0.25, 0.3) is 0 Å². The van der Waals surface area contributed by atoms with E-state index in [0.717, 1.165) is 26.1 Å². The third-order valence-corrected chi connectivity index (χ3v) is 3.34. The average Bonchev–Trinajstić information content (AvgIpc) is 2.77. The molecule has 2 fully saturated rings. The topological polar surface area (TPSA) is 35.5 Å². The minimum absolute atomic E-state index is 0.158. The second-order valence-electron chi connectivity index (χ2n) is 4.18. The quantitative estimate of drug-likeness (QED) is 0.608. The monoisotopic (exact) mass is 184 g/mol. The maximum absolute atomic E-state index is 10.6. The minimum Gasteiger partial charge on any atom is -0.466 e. The molecule has 1 saturated heterocycles. The highest BCUT2D eigenvalue weighted by Gasteiger charge is 2.54. The van der Waals surface area contributed by atoms with E-state index < -0.39 is 0 Å². The maximum Gasteiger partial charge on any atom is 0.302 e. The predicted octanol–water partition coefficient (Wildman–Crippen LogP) is 1.37. The van der Waals surface area contributed by atoms with E-state index in [1.54, 1.807) is 0 Å². The summed E-state index contributed by atoms with van der Waals surface area (Å²) in [5.41, 5.74) is 0.480. The van der Waals surface area contributed by atoms with Crippen molar-refractivity contribution in [1.82, 2.24) is 0 Å². The molecule has 1 spiro atoms. The molecule has 1 heterocycles. The zero-order valence-corrected chi connectivity index (χ0v) is 8.04. The van der Waals surface area contributed by atoms with Crippen molar-refractivity contribution in [2.45, 2.75) is 26.2 Å². The third-order valence-electron chi connectivity index (χ3n) is 3.34. The first-order valence-corrected chi connectivity index (χ1v) is 4.94. The van der Waals surface area contributed by atoms with E-state index in [1.807, 2.05) is 0 Å². The van der Waals surface area contributed by atoms with Crippen LogP contribution in [0.15, 0.2) is 0 Å². The summed E-state index contributed by atoms with van der Waals surface area (Å²) in [7, 11) is 0. The number of carbonyl (C=O) groups excluding carboxylic acids is 1. The minimum atomic E-state index is -0.158. The summed E-state index contributed by atoms with van der Waals surface area (Å²) in [6, 6.07) is 0. The second kappa shape index (κ2) is 3.29. The fourth-order valence-corrected chi connectivity index (χ4v) is 2.28. The van der Waals surface area contributed by atoms with E-state index in [-0.39, 0.29) is 5.97 Å². The molecule has 2 aliphatic rings. The fourth-order valence-electron chi connectivity index (χ4n) is 2.28. The lowest BCUT2D eigenvalue weighted by atomic mass is 9.94. The van der Waals surface area contributed by atoms with Gasteiger partial charge in [0, 0.05) is 20.1 Å². The van der Waals surface area contributed by atoms with Crippen molar-refractivity contribution in [2.24, 2.45) is 11.3 Å². The highest BCUT2D eigenvalue weighted by molar-refractivity contribution is 5.65. The van der Waals surface area contributed by atoms with Crippen LogP contribution in [-0.4, -0.2) is 25.8 Å². The van der Waals surface area contributed by atoms with Crippen LogP contribution in [0.1, 0.15) is 26.2 Å². The lowest BCUT2D eigenvalue weighted by molar-refractivity contribution is -0.141. The molecule has 0 amide bonds. The molecule has 0 aromatic rings. The molecular weight excluding hydrogens is 168 g/mol. The first-order valence-electron chi connectivity index (χ1n) is 4.94. The van der Waals surface area contributed by atoms with E-state index in [2.05, 4.69) is 0 Å². The van der Waals surface area contributed by atoms with Gasteiger partial charge in [-0.05, 0) is 30.6 Å². The van der Waals surface area contributed by atoms with Gasteiger partial charge in [0.05, 0.1) is 6.61 Å². The zero-order chi connectivity index (χ0) is 9.31. The first kappa shape index (κ1) is 9.00. The Morgan fingerprint density at radius 1 is 1.54 bits per heavy atom. The summed E-state index contributed by atoms with van der Waals surface area (Å²) in [5, 5.41) is 0. The Bertz CT molecular complexity index is 206. The molecule has 74 valence electrons. The number of rotatable bonds is 2. The van der Waals surface area contributed by atoms with Gasteiger partial charge in [-0.3, -0.25) is 4.79 Å². The van der Waals surface area contributed by atoms with Gasteiger partial charge in [-0.2, -0.15) is 0 Å². The van der Waals surface area contributed by atoms with Gasteiger partial charge in [0.15, 0.2) is 0 Å². The summed E-state index contributed by atoms with van der Waals surface area (Å²) in [5.74, 6) is 0.453. The lowest BCUT2D eigenvalue weighted by Crippen LogP contribution is -2.20. The largest absolute Gasteiger partial charge is 0.466 e. The molecule has 13 heavy (non-hydrogen) atoms. The highest BCUT2D eigenvalue weighted by atomic mass is 16.5. The van der Waals surface area contributed by atoms with Crippen molar-refractivity contribution < 1.29 is 14.3 Å². The highest BCUT2D eigenvalue weighted by Crippen LogP contribution is 2.59. The van der Waals surface area contributed by atoms with E-state index >= 15 is 0 Å². The molecule has 0 aromatic heterocycles. The lowest BCUT2D eigenvalue weighted by Gasteiger charge is -2.22. The first-order chi connectivity index (χ1) is 6.23. The summed E-state index contributed by atoms with van der Waals surface area (Å²) >= 11 is 0. The Morgan fingerprint density at radius 2 is 2.23 bits per heavy atom. The molecule has 0 bridgehead atoms. The molecule has 0 N–H and O–H groups in total. The Labute approximate surface area is 78.4 Å².